The highest BCUT2D eigenvalue weighted by molar-refractivity contribution is 6.02. The van der Waals surface area contributed by atoms with Crippen LogP contribution in [0, 0.1) is 0 Å². The summed E-state index contributed by atoms with van der Waals surface area (Å²) in [6.45, 7) is 0. The number of oxime groups is 1. The molecule has 2 rings (SSSR count). The molecule has 0 fully saturated rings. The first-order chi connectivity index (χ1) is 6.31. The summed E-state index contributed by atoms with van der Waals surface area (Å²) >= 11 is 0. The molecule has 0 atom stereocenters. The Morgan fingerprint density at radius 2 is 2.31 bits per heavy atom. The molecular formula is C9H11N3O. The van der Waals surface area contributed by atoms with Crippen molar-refractivity contribution >= 4 is 11.4 Å². The van der Waals surface area contributed by atoms with Crippen LogP contribution in [0.15, 0.2) is 17.4 Å². The van der Waals surface area contributed by atoms with Gasteiger partial charge in [-0.15, -0.1) is 0 Å². The lowest BCUT2D eigenvalue weighted by Gasteiger charge is -2.15. The average Bonchev–Trinajstić information content (AvgIpc) is 2.17. The zero-order valence-electron chi connectivity index (χ0n) is 7.20. The van der Waals surface area contributed by atoms with E-state index in [4.69, 9.17) is 10.9 Å². The highest BCUT2D eigenvalue weighted by Crippen LogP contribution is 2.21. The van der Waals surface area contributed by atoms with Crippen molar-refractivity contribution < 1.29 is 5.21 Å². The average molecular weight is 177 g/mol. The molecule has 4 heteroatoms. The molecule has 0 aromatic carbocycles. The van der Waals surface area contributed by atoms with E-state index in [0.717, 1.165) is 30.5 Å². The number of nitrogens with two attached hydrogens (primary N) is 1. The van der Waals surface area contributed by atoms with E-state index in [2.05, 4.69) is 10.1 Å². The van der Waals surface area contributed by atoms with Gasteiger partial charge in [-0.1, -0.05) is 5.16 Å². The maximum Gasteiger partial charge on any atom is 0.0886 e. The number of pyridine rings is 1. The lowest BCUT2D eigenvalue weighted by molar-refractivity contribution is 0.317. The van der Waals surface area contributed by atoms with Crippen molar-refractivity contribution in [3.63, 3.8) is 0 Å². The topological polar surface area (TPSA) is 71.5 Å². The van der Waals surface area contributed by atoms with Gasteiger partial charge in [0.2, 0.25) is 0 Å². The third-order valence-electron chi connectivity index (χ3n) is 2.25. The molecule has 3 N–H and O–H groups in total. The van der Waals surface area contributed by atoms with Crippen LogP contribution < -0.4 is 5.73 Å². The second-order valence-corrected chi connectivity index (χ2v) is 3.16. The molecule has 13 heavy (non-hydrogen) atoms. The Morgan fingerprint density at radius 1 is 1.46 bits per heavy atom. The number of aromatic nitrogens is 1. The first kappa shape index (κ1) is 8.04. The Kier molecular flexibility index (Phi) is 1.88. The van der Waals surface area contributed by atoms with Gasteiger partial charge >= 0.3 is 0 Å². The van der Waals surface area contributed by atoms with Gasteiger partial charge in [-0.2, -0.15) is 0 Å². The zero-order valence-corrected chi connectivity index (χ0v) is 7.20. The first-order valence-electron chi connectivity index (χ1n) is 4.27. The normalized spacial score (nSPS) is 18.6. The van der Waals surface area contributed by atoms with Gasteiger partial charge in [0, 0.05) is 11.3 Å². The van der Waals surface area contributed by atoms with Crippen molar-refractivity contribution in [1.82, 2.24) is 4.98 Å². The van der Waals surface area contributed by atoms with Crippen molar-refractivity contribution in [3.8, 4) is 0 Å². The highest BCUT2D eigenvalue weighted by atomic mass is 16.4. The maximum absolute atomic E-state index is 8.75. The Morgan fingerprint density at radius 3 is 3.08 bits per heavy atom. The molecule has 0 amide bonds. The molecular weight excluding hydrogens is 166 g/mol. The van der Waals surface area contributed by atoms with Gasteiger partial charge in [-0.3, -0.25) is 4.98 Å². The molecule has 1 heterocycles. The number of rotatable bonds is 0. The van der Waals surface area contributed by atoms with Crippen LogP contribution in [0.1, 0.15) is 24.1 Å². The minimum atomic E-state index is 0.613. The monoisotopic (exact) mass is 177 g/mol. The highest BCUT2D eigenvalue weighted by Gasteiger charge is 2.16. The number of hydrogen-bond acceptors (Lipinski definition) is 4. The fourth-order valence-corrected chi connectivity index (χ4v) is 1.62. The zero-order chi connectivity index (χ0) is 9.26. The van der Waals surface area contributed by atoms with E-state index in [1.165, 1.54) is 0 Å². The quantitative estimate of drug-likeness (QED) is 0.461. The van der Waals surface area contributed by atoms with Gasteiger partial charge in [0.1, 0.15) is 0 Å². The molecule has 0 aliphatic heterocycles. The van der Waals surface area contributed by atoms with Crippen molar-refractivity contribution in [3.05, 3.63) is 23.5 Å². The summed E-state index contributed by atoms with van der Waals surface area (Å²) in [5, 5.41) is 12.0. The van der Waals surface area contributed by atoms with Gasteiger partial charge in [-0.05, 0) is 25.3 Å². The molecule has 0 saturated carbocycles. The van der Waals surface area contributed by atoms with Crippen LogP contribution in [0.2, 0.25) is 0 Å². The van der Waals surface area contributed by atoms with E-state index in [-0.39, 0.29) is 0 Å². The van der Waals surface area contributed by atoms with Gasteiger partial charge < -0.3 is 10.9 Å². The number of nitrogen functional groups attached to an aromatic ring is 1. The Balaban J connectivity index is 2.54. The summed E-state index contributed by atoms with van der Waals surface area (Å²) in [7, 11) is 0. The number of hydrogen-bond donors (Lipinski definition) is 2. The number of aryl methyl sites for hydroxylation is 1. The van der Waals surface area contributed by atoms with Crippen LogP contribution in [0.25, 0.3) is 0 Å². The van der Waals surface area contributed by atoms with Crippen LogP contribution in [0.4, 0.5) is 5.69 Å². The predicted octanol–water partition coefficient (Wildman–Crippen LogP) is 1.18. The summed E-state index contributed by atoms with van der Waals surface area (Å²) in [6, 6.07) is 1.82. The molecule has 4 nitrogen and oxygen atoms in total. The lowest BCUT2D eigenvalue weighted by atomic mass is 9.94. The van der Waals surface area contributed by atoms with Gasteiger partial charge in [0.25, 0.3) is 0 Å². The minimum absolute atomic E-state index is 0.613. The van der Waals surface area contributed by atoms with Gasteiger partial charge in [0.15, 0.2) is 0 Å². The Labute approximate surface area is 76.1 Å². The summed E-state index contributed by atoms with van der Waals surface area (Å²) < 4.78 is 0. The SMILES string of the molecule is Nc1cnc2c(c1)C(=NO)CCC2. The Bertz CT molecular complexity index is 360. The van der Waals surface area contributed by atoms with Crippen molar-refractivity contribution in [2.24, 2.45) is 5.16 Å². The number of anilines is 1. The van der Waals surface area contributed by atoms with Crippen LogP contribution in [-0.2, 0) is 6.42 Å². The van der Waals surface area contributed by atoms with Gasteiger partial charge in [-0.25, -0.2) is 0 Å². The summed E-state index contributed by atoms with van der Waals surface area (Å²) in [4.78, 5) is 4.20. The molecule has 0 saturated heterocycles. The molecule has 1 aromatic heterocycles. The van der Waals surface area contributed by atoms with E-state index in [1.54, 1.807) is 6.20 Å². The standard InChI is InChI=1S/C9H11N3O/c10-6-4-7-8(11-5-6)2-1-3-9(7)12-13/h4-5,13H,1-3,10H2. The van der Waals surface area contributed by atoms with Crippen LogP contribution >= 0.6 is 0 Å². The van der Waals surface area contributed by atoms with Crippen LogP contribution in [0.5, 0.6) is 0 Å². The van der Waals surface area contributed by atoms with E-state index < -0.39 is 0 Å². The van der Waals surface area contributed by atoms with Crippen molar-refractivity contribution in [2.75, 3.05) is 5.73 Å². The molecule has 68 valence electrons. The molecule has 0 unspecified atom stereocenters. The fraction of sp³-hybridized carbons (Fsp3) is 0.333. The van der Waals surface area contributed by atoms with Crippen LogP contribution in [-0.4, -0.2) is 15.9 Å². The van der Waals surface area contributed by atoms with E-state index in [0.29, 0.717) is 11.4 Å². The summed E-state index contributed by atoms with van der Waals surface area (Å²) in [5.74, 6) is 0. The second-order valence-electron chi connectivity index (χ2n) is 3.16. The Hall–Kier alpha value is -1.58. The van der Waals surface area contributed by atoms with E-state index in [9.17, 15) is 0 Å². The van der Waals surface area contributed by atoms with Crippen LogP contribution in [0.3, 0.4) is 0 Å². The third kappa shape index (κ3) is 1.35. The number of fused-ring (bicyclic) bond motifs is 1. The summed E-state index contributed by atoms with van der Waals surface area (Å²) in [5.41, 5.74) is 8.78. The number of nitrogens with zero attached hydrogens (tertiary/aromatic N) is 2. The summed E-state index contributed by atoms with van der Waals surface area (Å²) in [6.07, 6.45) is 4.37. The first-order valence-corrected chi connectivity index (χ1v) is 4.27. The van der Waals surface area contributed by atoms with E-state index in [1.807, 2.05) is 6.07 Å². The fourth-order valence-electron chi connectivity index (χ4n) is 1.62. The smallest absolute Gasteiger partial charge is 0.0886 e. The van der Waals surface area contributed by atoms with Crippen molar-refractivity contribution in [1.29, 1.82) is 0 Å². The molecule has 1 aliphatic carbocycles. The van der Waals surface area contributed by atoms with Crippen molar-refractivity contribution in [2.45, 2.75) is 19.3 Å². The predicted molar refractivity (Wildman–Crippen MR) is 49.9 cm³/mol. The molecule has 0 radical (unpaired) electrons. The molecule has 0 bridgehead atoms. The largest absolute Gasteiger partial charge is 0.411 e. The van der Waals surface area contributed by atoms with Gasteiger partial charge in [0.05, 0.1) is 17.6 Å². The molecule has 1 aliphatic rings. The molecule has 1 aromatic rings. The third-order valence-corrected chi connectivity index (χ3v) is 2.25. The molecule has 0 spiro atoms. The maximum atomic E-state index is 8.75. The lowest BCUT2D eigenvalue weighted by Crippen LogP contribution is -2.14. The minimum Gasteiger partial charge on any atom is -0.411 e. The second kappa shape index (κ2) is 3.05. The van der Waals surface area contributed by atoms with E-state index >= 15 is 0 Å².